The van der Waals surface area contributed by atoms with E-state index < -0.39 is 0 Å². The van der Waals surface area contributed by atoms with E-state index in [0.717, 1.165) is 29.9 Å². The number of aromatic nitrogens is 1. The average molecular weight is 237 g/mol. The topological polar surface area (TPSA) is 55.3 Å². The van der Waals surface area contributed by atoms with Crippen molar-refractivity contribution in [3.8, 4) is 0 Å². The summed E-state index contributed by atoms with van der Waals surface area (Å²) in [6.07, 6.45) is 2.63. The molecule has 2 atom stereocenters. The molecule has 2 N–H and O–H groups in total. The normalized spacial score (nSPS) is 27.6. The van der Waals surface area contributed by atoms with E-state index in [1.807, 2.05) is 0 Å². The molecule has 0 spiro atoms. The quantitative estimate of drug-likeness (QED) is 0.819. The zero-order chi connectivity index (χ0) is 11.1. The fourth-order valence-electron chi connectivity index (χ4n) is 2.38. The van der Waals surface area contributed by atoms with Crippen LogP contribution in [0.3, 0.4) is 0 Å². The Kier molecular flexibility index (Phi) is 2.46. The third-order valence-corrected chi connectivity index (χ3v) is 4.42. The number of fused-ring (bicyclic) bond motifs is 1. The van der Waals surface area contributed by atoms with Gasteiger partial charge in [0.15, 0.2) is 6.39 Å². The molecule has 86 valence electrons. The monoisotopic (exact) mass is 237 g/mol. The van der Waals surface area contributed by atoms with Gasteiger partial charge in [0.05, 0.1) is 0 Å². The molecule has 16 heavy (non-hydrogen) atoms. The van der Waals surface area contributed by atoms with Crippen LogP contribution in [0.2, 0.25) is 0 Å². The van der Waals surface area contributed by atoms with Crippen LogP contribution < -0.4 is 5.73 Å². The number of hydrogen-bond donors (Lipinski definition) is 1. The van der Waals surface area contributed by atoms with E-state index in [0.29, 0.717) is 5.92 Å². The van der Waals surface area contributed by atoms with Crippen LogP contribution in [-0.2, 0) is 0 Å². The minimum atomic E-state index is 0.224. The van der Waals surface area contributed by atoms with Gasteiger partial charge in [-0.1, -0.05) is 0 Å². The predicted molar refractivity (Wildman–Crippen MR) is 64.7 cm³/mol. The number of likely N-dealkylation sites (tertiary alicyclic amines) is 1. The lowest BCUT2D eigenvalue weighted by molar-refractivity contribution is 0.230. The van der Waals surface area contributed by atoms with Crippen LogP contribution in [0, 0.1) is 0 Å². The smallest absolute Gasteiger partial charge is 0.208 e. The van der Waals surface area contributed by atoms with Crippen molar-refractivity contribution in [2.75, 3.05) is 20.1 Å². The summed E-state index contributed by atoms with van der Waals surface area (Å²) in [5.74, 6) is 0.464. The van der Waals surface area contributed by atoms with Crippen molar-refractivity contribution in [3.05, 3.63) is 17.3 Å². The summed E-state index contributed by atoms with van der Waals surface area (Å²) < 4.78 is 5.30. The van der Waals surface area contributed by atoms with Gasteiger partial charge in [0.1, 0.15) is 5.52 Å². The van der Waals surface area contributed by atoms with Gasteiger partial charge >= 0.3 is 0 Å². The largest absolute Gasteiger partial charge is 0.433 e. The maximum atomic E-state index is 6.21. The first kappa shape index (κ1) is 10.3. The molecule has 1 aliphatic rings. The maximum absolute atomic E-state index is 6.21. The van der Waals surface area contributed by atoms with Crippen molar-refractivity contribution in [1.29, 1.82) is 0 Å². The van der Waals surface area contributed by atoms with E-state index in [-0.39, 0.29) is 6.04 Å². The van der Waals surface area contributed by atoms with Crippen LogP contribution in [0.15, 0.2) is 16.9 Å². The zero-order valence-corrected chi connectivity index (χ0v) is 10.0. The number of oxazole rings is 1. The Balaban J connectivity index is 1.89. The SMILES string of the molecule is CN1CCC(c2cc3ncoc3s2)C(N)C1. The zero-order valence-electron chi connectivity index (χ0n) is 9.22. The third-order valence-electron chi connectivity index (χ3n) is 3.28. The van der Waals surface area contributed by atoms with Gasteiger partial charge in [-0.25, -0.2) is 4.98 Å². The second-order valence-electron chi connectivity index (χ2n) is 4.50. The molecule has 4 nitrogen and oxygen atoms in total. The molecule has 1 aliphatic heterocycles. The van der Waals surface area contributed by atoms with Crippen LogP contribution in [-0.4, -0.2) is 36.1 Å². The molecule has 3 heterocycles. The Bertz CT molecular complexity index is 464. The van der Waals surface area contributed by atoms with Gasteiger partial charge in [0.25, 0.3) is 0 Å². The predicted octanol–water partition coefficient (Wildman–Crippen LogP) is 1.64. The van der Waals surface area contributed by atoms with Crippen molar-refractivity contribution >= 4 is 21.8 Å². The highest BCUT2D eigenvalue weighted by Crippen LogP contribution is 2.35. The molecular formula is C11H15N3OS. The Morgan fingerprint density at radius 3 is 3.25 bits per heavy atom. The van der Waals surface area contributed by atoms with E-state index >= 15 is 0 Å². The van der Waals surface area contributed by atoms with Gasteiger partial charge in [-0.05, 0) is 26.1 Å². The van der Waals surface area contributed by atoms with Gasteiger partial charge in [-0.2, -0.15) is 0 Å². The van der Waals surface area contributed by atoms with Crippen LogP contribution in [0.1, 0.15) is 17.2 Å². The van der Waals surface area contributed by atoms with Crippen LogP contribution in [0.5, 0.6) is 0 Å². The molecule has 5 heteroatoms. The van der Waals surface area contributed by atoms with Crippen molar-refractivity contribution in [1.82, 2.24) is 9.88 Å². The minimum absolute atomic E-state index is 0.224. The van der Waals surface area contributed by atoms with E-state index in [1.165, 1.54) is 11.3 Å². The van der Waals surface area contributed by atoms with Crippen LogP contribution in [0.25, 0.3) is 10.4 Å². The maximum Gasteiger partial charge on any atom is 0.208 e. The molecule has 0 amide bonds. The Hall–Kier alpha value is -0.910. The molecule has 2 unspecified atom stereocenters. The second kappa shape index (κ2) is 3.84. The summed E-state index contributed by atoms with van der Waals surface area (Å²) in [6.45, 7) is 2.09. The van der Waals surface area contributed by atoms with Gasteiger partial charge in [0.2, 0.25) is 4.90 Å². The average Bonchev–Trinajstić information content (AvgIpc) is 2.76. The summed E-state index contributed by atoms with van der Waals surface area (Å²) >= 11 is 1.69. The van der Waals surface area contributed by atoms with Crippen molar-refractivity contribution in [2.24, 2.45) is 5.73 Å². The molecule has 1 saturated heterocycles. The number of nitrogens with two attached hydrogens (primary N) is 1. The summed E-state index contributed by atoms with van der Waals surface area (Å²) in [5, 5.41) is 0. The molecule has 0 bridgehead atoms. The molecule has 2 aromatic rings. The summed E-state index contributed by atoms with van der Waals surface area (Å²) in [7, 11) is 2.12. The molecule has 1 fully saturated rings. The first-order valence-electron chi connectivity index (χ1n) is 5.51. The second-order valence-corrected chi connectivity index (χ2v) is 5.54. The number of nitrogens with zero attached hydrogens (tertiary/aromatic N) is 2. The number of likely N-dealkylation sites (N-methyl/N-ethyl adjacent to an activating group) is 1. The Morgan fingerprint density at radius 2 is 2.50 bits per heavy atom. The molecule has 3 rings (SSSR count). The van der Waals surface area contributed by atoms with Crippen molar-refractivity contribution in [3.63, 3.8) is 0 Å². The molecule has 0 aliphatic carbocycles. The van der Waals surface area contributed by atoms with Crippen molar-refractivity contribution in [2.45, 2.75) is 18.4 Å². The molecule has 0 radical (unpaired) electrons. The third kappa shape index (κ3) is 1.65. The van der Waals surface area contributed by atoms with Crippen LogP contribution >= 0.6 is 11.3 Å². The first-order valence-corrected chi connectivity index (χ1v) is 6.33. The molecule has 0 aromatic carbocycles. The first-order chi connectivity index (χ1) is 7.74. The fraction of sp³-hybridized carbons (Fsp3) is 0.545. The van der Waals surface area contributed by atoms with Gasteiger partial charge < -0.3 is 15.1 Å². The Labute approximate surface area is 98.1 Å². The highest BCUT2D eigenvalue weighted by atomic mass is 32.1. The lowest BCUT2D eigenvalue weighted by atomic mass is 9.91. The number of hydrogen-bond acceptors (Lipinski definition) is 5. The number of piperidine rings is 1. The molecular weight excluding hydrogens is 222 g/mol. The van der Waals surface area contributed by atoms with E-state index in [2.05, 4.69) is 23.0 Å². The highest BCUT2D eigenvalue weighted by molar-refractivity contribution is 7.18. The summed E-state index contributed by atoms with van der Waals surface area (Å²) in [5.41, 5.74) is 7.17. The minimum Gasteiger partial charge on any atom is -0.433 e. The standard InChI is InChI=1S/C11H15N3OS/c1-14-3-2-7(8(12)5-14)10-4-9-11(16-10)15-6-13-9/h4,6-8H,2-3,5,12H2,1H3. The van der Waals surface area contributed by atoms with E-state index in [4.69, 9.17) is 10.2 Å². The van der Waals surface area contributed by atoms with Gasteiger partial charge in [-0.3, -0.25) is 0 Å². The lowest BCUT2D eigenvalue weighted by Gasteiger charge is -2.33. The molecule has 0 saturated carbocycles. The number of rotatable bonds is 1. The van der Waals surface area contributed by atoms with Crippen LogP contribution in [0.4, 0.5) is 0 Å². The van der Waals surface area contributed by atoms with Crippen molar-refractivity contribution < 1.29 is 4.42 Å². The molecule has 2 aromatic heterocycles. The van der Waals surface area contributed by atoms with Gasteiger partial charge in [0, 0.05) is 23.4 Å². The van der Waals surface area contributed by atoms with Gasteiger partial charge in [-0.15, -0.1) is 11.3 Å². The Morgan fingerprint density at radius 1 is 1.62 bits per heavy atom. The lowest BCUT2D eigenvalue weighted by Crippen LogP contribution is -2.45. The van der Waals surface area contributed by atoms with E-state index in [1.54, 1.807) is 11.3 Å². The summed E-state index contributed by atoms with van der Waals surface area (Å²) in [6, 6.07) is 2.35. The number of thiophene rings is 1. The van der Waals surface area contributed by atoms with E-state index in [9.17, 15) is 0 Å². The highest BCUT2D eigenvalue weighted by Gasteiger charge is 2.27. The fourth-order valence-corrected chi connectivity index (χ4v) is 3.51. The summed E-state index contributed by atoms with van der Waals surface area (Å²) in [4.78, 5) is 8.69.